The van der Waals surface area contributed by atoms with Crippen molar-refractivity contribution < 1.29 is 13.9 Å². The number of aldehydes is 1. The van der Waals surface area contributed by atoms with E-state index in [9.17, 15) is 4.79 Å². The second kappa shape index (κ2) is 3.96. The van der Waals surface area contributed by atoms with E-state index in [-0.39, 0.29) is 5.76 Å². The number of oxazole rings is 1. The normalized spacial score (nSPS) is 9.93. The van der Waals surface area contributed by atoms with Gasteiger partial charge in [0, 0.05) is 5.56 Å². The Labute approximate surface area is 86.5 Å². The molecule has 0 aliphatic carbocycles. The molecule has 0 saturated heterocycles. The fourth-order valence-electron chi connectivity index (χ4n) is 1.21. The third-order valence-corrected chi connectivity index (χ3v) is 1.98. The monoisotopic (exact) mass is 203 g/mol. The zero-order valence-electron chi connectivity index (χ0n) is 8.14. The van der Waals surface area contributed by atoms with Crippen molar-refractivity contribution in [3.8, 4) is 17.2 Å². The fourth-order valence-corrected chi connectivity index (χ4v) is 1.21. The number of hydrogen-bond donors (Lipinski definition) is 0. The molecular weight excluding hydrogens is 194 g/mol. The zero-order chi connectivity index (χ0) is 10.7. The van der Waals surface area contributed by atoms with Crippen LogP contribution in [0.15, 0.2) is 34.9 Å². The molecule has 4 heteroatoms. The number of methoxy groups -OCH3 is 1. The molecule has 0 amide bonds. The molecule has 1 aromatic heterocycles. The molecule has 0 saturated carbocycles. The lowest BCUT2D eigenvalue weighted by atomic mass is 10.2. The third-order valence-electron chi connectivity index (χ3n) is 1.98. The van der Waals surface area contributed by atoms with Crippen molar-refractivity contribution in [1.29, 1.82) is 0 Å². The van der Waals surface area contributed by atoms with Crippen molar-refractivity contribution in [3.05, 3.63) is 36.2 Å². The first-order chi connectivity index (χ1) is 7.33. The molecule has 0 spiro atoms. The van der Waals surface area contributed by atoms with Crippen molar-refractivity contribution in [2.24, 2.45) is 0 Å². The van der Waals surface area contributed by atoms with E-state index in [2.05, 4.69) is 4.98 Å². The standard InChI is InChI=1S/C11H9NO3/c1-14-9-4-2-8(3-5-9)11-12-6-10(7-13)15-11/h2-7H,1H3. The average molecular weight is 203 g/mol. The highest BCUT2D eigenvalue weighted by atomic mass is 16.5. The Bertz CT molecular complexity index is 459. The highest BCUT2D eigenvalue weighted by Gasteiger charge is 2.05. The molecule has 0 unspecified atom stereocenters. The van der Waals surface area contributed by atoms with Crippen LogP contribution in [-0.4, -0.2) is 18.4 Å². The van der Waals surface area contributed by atoms with Crippen LogP contribution >= 0.6 is 0 Å². The lowest BCUT2D eigenvalue weighted by Crippen LogP contribution is -1.82. The topological polar surface area (TPSA) is 52.3 Å². The van der Waals surface area contributed by atoms with E-state index in [0.717, 1.165) is 11.3 Å². The highest BCUT2D eigenvalue weighted by Crippen LogP contribution is 2.21. The number of carbonyl (C=O) groups is 1. The van der Waals surface area contributed by atoms with Crippen LogP contribution in [0.25, 0.3) is 11.5 Å². The number of ether oxygens (including phenoxy) is 1. The summed E-state index contributed by atoms with van der Waals surface area (Å²) in [5.41, 5.74) is 0.809. The van der Waals surface area contributed by atoms with E-state index in [4.69, 9.17) is 9.15 Å². The van der Waals surface area contributed by atoms with E-state index in [1.807, 2.05) is 12.1 Å². The summed E-state index contributed by atoms with van der Waals surface area (Å²) in [6.45, 7) is 0. The van der Waals surface area contributed by atoms with E-state index in [1.54, 1.807) is 19.2 Å². The number of hydrogen-bond acceptors (Lipinski definition) is 4. The first kappa shape index (κ1) is 9.45. The van der Waals surface area contributed by atoms with Crippen molar-refractivity contribution >= 4 is 6.29 Å². The Balaban J connectivity index is 2.32. The lowest BCUT2D eigenvalue weighted by Gasteiger charge is -1.99. The quantitative estimate of drug-likeness (QED) is 0.717. The van der Waals surface area contributed by atoms with Crippen LogP contribution in [-0.2, 0) is 0 Å². The maximum Gasteiger partial charge on any atom is 0.226 e. The molecule has 0 aliphatic heterocycles. The summed E-state index contributed by atoms with van der Waals surface area (Å²) < 4.78 is 10.2. The molecule has 76 valence electrons. The van der Waals surface area contributed by atoms with Gasteiger partial charge in [-0.3, -0.25) is 4.79 Å². The van der Waals surface area contributed by atoms with Crippen molar-refractivity contribution in [2.75, 3.05) is 7.11 Å². The van der Waals surface area contributed by atoms with Crippen LogP contribution in [0, 0.1) is 0 Å². The summed E-state index contributed by atoms with van der Waals surface area (Å²) in [4.78, 5) is 14.4. The Morgan fingerprint density at radius 2 is 2.07 bits per heavy atom. The lowest BCUT2D eigenvalue weighted by molar-refractivity contribution is 0.110. The summed E-state index contributed by atoms with van der Waals surface area (Å²) in [6.07, 6.45) is 2.02. The van der Waals surface area contributed by atoms with Crippen molar-refractivity contribution in [2.45, 2.75) is 0 Å². The first-order valence-corrected chi connectivity index (χ1v) is 4.39. The molecule has 0 N–H and O–H groups in total. The van der Waals surface area contributed by atoms with Gasteiger partial charge in [-0.2, -0.15) is 0 Å². The van der Waals surface area contributed by atoms with Crippen LogP contribution in [0.1, 0.15) is 10.6 Å². The maximum absolute atomic E-state index is 10.4. The summed E-state index contributed by atoms with van der Waals surface area (Å²) in [6, 6.07) is 7.25. The Morgan fingerprint density at radius 3 is 2.60 bits per heavy atom. The largest absolute Gasteiger partial charge is 0.497 e. The van der Waals surface area contributed by atoms with Gasteiger partial charge in [0.05, 0.1) is 13.3 Å². The number of aromatic nitrogens is 1. The summed E-state index contributed by atoms with van der Waals surface area (Å²) >= 11 is 0. The van der Waals surface area contributed by atoms with Gasteiger partial charge in [-0.1, -0.05) is 0 Å². The van der Waals surface area contributed by atoms with Crippen LogP contribution in [0.5, 0.6) is 5.75 Å². The van der Waals surface area contributed by atoms with E-state index in [1.165, 1.54) is 6.20 Å². The Morgan fingerprint density at radius 1 is 1.33 bits per heavy atom. The van der Waals surface area contributed by atoms with E-state index < -0.39 is 0 Å². The van der Waals surface area contributed by atoms with Gasteiger partial charge in [-0.15, -0.1) is 0 Å². The smallest absolute Gasteiger partial charge is 0.226 e. The second-order valence-corrected chi connectivity index (χ2v) is 2.91. The van der Waals surface area contributed by atoms with Crippen molar-refractivity contribution in [1.82, 2.24) is 4.98 Å². The van der Waals surface area contributed by atoms with Gasteiger partial charge in [0.2, 0.25) is 5.89 Å². The molecule has 4 nitrogen and oxygen atoms in total. The predicted octanol–water partition coefficient (Wildman–Crippen LogP) is 2.16. The maximum atomic E-state index is 10.4. The molecule has 0 atom stereocenters. The van der Waals surface area contributed by atoms with Gasteiger partial charge in [-0.05, 0) is 24.3 Å². The van der Waals surface area contributed by atoms with Gasteiger partial charge in [0.25, 0.3) is 0 Å². The first-order valence-electron chi connectivity index (χ1n) is 4.39. The molecule has 1 heterocycles. The molecule has 15 heavy (non-hydrogen) atoms. The molecule has 1 aromatic carbocycles. The molecule has 0 aliphatic rings. The summed E-state index contributed by atoms with van der Waals surface area (Å²) in [5.74, 6) is 1.42. The summed E-state index contributed by atoms with van der Waals surface area (Å²) in [5, 5.41) is 0. The molecule has 0 fully saturated rings. The molecule has 2 rings (SSSR count). The van der Waals surface area contributed by atoms with Gasteiger partial charge >= 0.3 is 0 Å². The third kappa shape index (κ3) is 1.88. The van der Waals surface area contributed by atoms with Gasteiger partial charge in [0.1, 0.15) is 5.75 Å². The van der Waals surface area contributed by atoms with Crippen LogP contribution < -0.4 is 4.74 Å². The summed E-state index contributed by atoms with van der Waals surface area (Å²) in [7, 11) is 1.60. The number of carbonyl (C=O) groups excluding carboxylic acids is 1. The predicted molar refractivity (Wildman–Crippen MR) is 53.9 cm³/mol. The van der Waals surface area contributed by atoms with Crippen molar-refractivity contribution in [3.63, 3.8) is 0 Å². The fraction of sp³-hybridized carbons (Fsp3) is 0.0909. The molecular formula is C11H9NO3. The minimum absolute atomic E-state index is 0.223. The molecule has 0 radical (unpaired) electrons. The van der Waals surface area contributed by atoms with Crippen LogP contribution in [0.4, 0.5) is 0 Å². The van der Waals surface area contributed by atoms with Crippen LogP contribution in [0.2, 0.25) is 0 Å². The van der Waals surface area contributed by atoms with E-state index >= 15 is 0 Å². The SMILES string of the molecule is COc1ccc(-c2ncc(C=O)o2)cc1. The Hall–Kier alpha value is -2.10. The minimum atomic E-state index is 0.223. The average Bonchev–Trinajstić information content (AvgIpc) is 2.78. The number of benzene rings is 1. The van der Waals surface area contributed by atoms with Crippen LogP contribution in [0.3, 0.4) is 0 Å². The van der Waals surface area contributed by atoms with Gasteiger partial charge in [-0.25, -0.2) is 4.98 Å². The van der Waals surface area contributed by atoms with E-state index in [0.29, 0.717) is 12.2 Å². The zero-order valence-corrected chi connectivity index (χ0v) is 8.14. The Kier molecular flexibility index (Phi) is 2.49. The molecule has 0 bridgehead atoms. The highest BCUT2D eigenvalue weighted by molar-refractivity contribution is 5.71. The number of nitrogens with zero attached hydrogens (tertiary/aromatic N) is 1. The second-order valence-electron chi connectivity index (χ2n) is 2.91. The minimum Gasteiger partial charge on any atom is -0.497 e. The number of rotatable bonds is 3. The molecule has 2 aromatic rings. The van der Waals surface area contributed by atoms with Gasteiger partial charge in [0.15, 0.2) is 12.0 Å². The van der Waals surface area contributed by atoms with Gasteiger partial charge < -0.3 is 9.15 Å².